The first-order valence-electron chi connectivity index (χ1n) is 7.81. The average Bonchev–Trinajstić information content (AvgIpc) is 3.19. The van der Waals surface area contributed by atoms with Gasteiger partial charge in [-0.3, -0.25) is 10.1 Å². The summed E-state index contributed by atoms with van der Waals surface area (Å²) in [6.45, 7) is 3.66. The molecule has 11 heteroatoms. The van der Waals surface area contributed by atoms with E-state index in [1.165, 1.54) is 11.3 Å². The topological polar surface area (TPSA) is 115 Å². The molecule has 1 amide bonds. The number of nitrogens with one attached hydrogen (secondary N) is 1. The molecule has 3 aromatic rings. The number of amides is 1. The van der Waals surface area contributed by atoms with Crippen molar-refractivity contribution in [2.75, 3.05) is 11.1 Å². The summed E-state index contributed by atoms with van der Waals surface area (Å²) in [5.74, 6) is -1.33. The normalized spacial score (nSPS) is 11.5. The molecular formula is C16H15FN4O4S2. The molecule has 3 rings (SSSR count). The molecule has 0 atom stereocenters. The van der Waals surface area contributed by atoms with Crippen LogP contribution in [-0.4, -0.2) is 35.3 Å². The van der Waals surface area contributed by atoms with Gasteiger partial charge in [0.1, 0.15) is 10.7 Å². The minimum atomic E-state index is -3.71. The number of carbonyl (C=O) groups excluding carboxylic acids is 1. The number of aryl methyl sites for hydroxylation is 2. The van der Waals surface area contributed by atoms with Gasteiger partial charge in [0.05, 0.1) is 21.3 Å². The third-order valence-corrected chi connectivity index (χ3v) is 6.33. The summed E-state index contributed by atoms with van der Waals surface area (Å²) in [6, 6.07) is 4.30. The number of sulfone groups is 1. The van der Waals surface area contributed by atoms with Gasteiger partial charge in [0.2, 0.25) is 5.91 Å². The van der Waals surface area contributed by atoms with Crippen LogP contribution < -0.4 is 5.32 Å². The van der Waals surface area contributed by atoms with Crippen molar-refractivity contribution in [3.05, 3.63) is 40.8 Å². The van der Waals surface area contributed by atoms with E-state index in [0.717, 1.165) is 35.0 Å². The van der Waals surface area contributed by atoms with Crippen LogP contribution in [-0.2, 0) is 14.6 Å². The summed E-state index contributed by atoms with van der Waals surface area (Å²) in [4.78, 5) is 16.9. The largest absolute Gasteiger partial charge is 0.402 e. The molecule has 0 spiro atoms. The molecule has 0 saturated heterocycles. The molecule has 27 heavy (non-hydrogen) atoms. The van der Waals surface area contributed by atoms with Gasteiger partial charge in [0.15, 0.2) is 9.84 Å². The van der Waals surface area contributed by atoms with Crippen molar-refractivity contribution in [3.8, 4) is 10.8 Å². The van der Waals surface area contributed by atoms with Crippen LogP contribution in [0, 0.1) is 19.7 Å². The van der Waals surface area contributed by atoms with Crippen molar-refractivity contribution in [3.63, 3.8) is 0 Å². The highest BCUT2D eigenvalue weighted by Crippen LogP contribution is 2.29. The summed E-state index contributed by atoms with van der Waals surface area (Å²) in [7, 11) is -3.71. The van der Waals surface area contributed by atoms with E-state index in [-0.39, 0.29) is 23.2 Å². The number of rotatable bonds is 6. The lowest BCUT2D eigenvalue weighted by molar-refractivity contribution is -0.115. The van der Waals surface area contributed by atoms with Crippen molar-refractivity contribution in [1.82, 2.24) is 15.2 Å². The zero-order valence-corrected chi connectivity index (χ0v) is 16.0. The number of thiazole rings is 1. The molecule has 0 unspecified atom stereocenters. The molecule has 1 N–H and O–H groups in total. The Morgan fingerprint density at radius 2 is 1.93 bits per heavy atom. The van der Waals surface area contributed by atoms with E-state index in [2.05, 4.69) is 20.5 Å². The van der Waals surface area contributed by atoms with Crippen LogP contribution in [0.15, 0.2) is 33.6 Å². The standard InChI is InChI=1S/C16H15FN4O4S2/c1-9-14(26-10(2)18-9)15-20-21-16(25-15)19-13(22)7-8-27(23,24)12-5-3-11(17)4-6-12/h3-6H,7-8H2,1-2H3,(H,19,21,22). The van der Waals surface area contributed by atoms with Crippen LogP contribution in [0.2, 0.25) is 0 Å². The summed E-state index contributed by atoms with van der Waals surface area (Å²) in [5, 5.41) is 10.8. The van der Waals surface area contributed by atoms with Gasteiger partial charge in [-0.15, -0.1) is 16.4 Å². The molecule has 142 valence electrons. The fraction of sp³-hybridized carbons (Fsp3) is 0.250. The van der Waals surface area contributed by atoms with Crippen molar-refractivity contribution in [2.24, 2.45) is 0 Å². The van der Waals surface area contributed by atoms with Crippen molar-refractivity contribution in [1.29, 1.82) is 0 Å². The molecule has 0 aliphatic carbocycles. The fourth-order valence-electron chi connectivity index (χ4n) is 2.26. The monoisotopic (exact) mass is 410 g/mol. The zero-order valence-electron chi connectivity index (χ0n) is 14.4. The van der Waals surface area contributed by atoms with Gasteiger partial charge in [0.25, 0.3) is 5.89 Å². The number of halogens is 1. The quantitative estimate of drug-likeness (QED) is 0.621. The first-order valence-corrected chi connectivity index (χ1v) is 10.3. The molecular weight excluding hydrogens is 395 g/mol. The minimum absolute atomic E-state index is 0.0483. The minimum Gasteiger partial charge on any atom is -0.402 e. The number of carbonyl (C=O) groups is 1. The maximum Gasteiger partial charge on any atom is 0.322 e. The Kier molecular flexibility index (Phi) is 5.33. The van der Waals surface area contributed by atoms with E-state index in [1.807, 2.05) is 13.8 Å². The molecule has 2 aromatic heterocycles. The van der Waals surface area contributed by atoms with Crippen LogP contribution >= 0.6 is 11.3 Å². The molecule has 0 saturated carbocycles. The second-order valence-electron chi connectivity index (χ2n) is 5.63. The first kappa shape index (κ1) is 19.1. The predicted octanol–water partition coefficient (Wildman–Crippen LogP) is 2.75. The van der Waals surface area contributed by atoms with E-state index in [4.69, 9.17) is 4.42 Å². The Balaban J connectivity index is 1.61. The lowest BCUT2D eigenvalue weighted by Crippen LogP contribution is -2.17. The second kappa shape index (κ2) is 7.53. The number of aromatic nitrogens is 3. The van der Waals surface area contributed by atoms with Crippen molar-refractivity contribution in [2.45, 2.75) is 25.2 Å². The summed E-state index contributed by atoms with van der Waals surface area (Å²) >= 11 is 1.39. The van der Waals surface area contributed by atoms with Crippen LogP contribution in [0.5, 0.6) is 0 Å². The Morgan fingerprint density at radius 1 is 1.22 bits per heavy atom. The van der Waals surface area contributed by atoms with Gasteiger partial charge in [-0.05, 0) is 38.1 Å². The third kappa shape index (κ3) is 4.55. The number of hydrogen-bond acceptors (Lipinski definition) is 8. The molecule has 2 heterocycles. The molecule has 0 aliphatic heterocycles. The van der Waals surface area contributed by atoms with Crippen LogP contribution in [0.4, 0.5) is 10.4 Å². The highest BCUT2D eigenvalue weighted by molar-refractivity contribution is 7.91. The van der Waals surface area contributed by atoms with Crippen LogP contribution in [0.25, 0.3) is 10.8 Å². The lowest BCUT2D eigenvalue weighted by Gasteiger charge is -2.04. The Hall–Kier alpha value is -2.66. The number of hydrogen-bond donors (Lipinski definition) is 1. The molecule has 8 nitrogen and oxygen atoms in total. The smallest absolute Gasteiger partial charge is 0.322 e. The molecule has 0 radical (unpaired) electrons. The van der Waals surface area contributed by atoms with E-state index in [9.17, 15) is 17.6 Å². The predicted molar refractivity (Wildman–Crippen MR) is 96.6 cm³/mol. The number of anilines is 1. The zero-order chi connectivity index (χ0) is 19.6. The lowest BCUT2D eigenvalue weighted by atomic mass is 10.4. The van der Waals surface area contributed by atoms with Crippen LogP contribution in [0.1, 0.15) is 17.1 Å². The summed E-state index contributed by atoms with van der Waals surface area (Å²) in [6.07, 6.45) is -0.309. The fourth-order valence-corrected chi connectivity index (χ4v) is 4.35. The van der Waals surface area contributed by atoms with E-state index < -0.39 is 27.3 Å². The Morgan fingerprint density at radius 3 is 2.56 bits per heavy atom. The number of nitrogens with zero attached hydrogens (tertiary/aromatic N) is 3. The van der Waals surface area contributed by atoms with Gasteiger partial charge in [-0.2, -0.15) is 0 Å². The van der Waals surface area contributed by atoms with Crippen molar-refractivity contribution < 1.29 is 22.0 Å². The second-order valence-corrected chi connectivity index (χ2v) is 8.94. The van der Waals surface area contributed by atoms with Gasteiger partial charge in [-0.1, -0.05) is 5.10 Å². The van der Waals surface area contributed by atoms with E-state index in [0.29, 0.717) is 4.88 Å². The molecule has 0 bridgehead atoms. The molecule has 0 aliphatic rings. The molecule has 0 fully saturated rings. The number of benzene rings is 1. The van der Waals surface area contributed by atoms with Gasteiger partial charge in [0, 0.05) is 6.42 Å². The highest BCUT2D eigenvalue weighted by Gasteiger charge is 2.19. The van der Waals surface area contributed by atoms with Crippen molar-refractivity contribution >= 4 is 33.1 Å². The van der Waals surface area contributed by atoms with Gasteiger partial charge in [-0.25, -0.2) is 17.8 Å². The van der Waals surface area contributed by atoms with Gasteiger partial charge < -0.3 is 4.42 Å². The Bertz CT molecular complexity index is 1070. The Labute approximate surface area is 158 Å². The third-order valence-electron chi connectivity index (χ3n) is 3.54. The average molecular weight is 410 g/mol. The van der Waals surface area contributed by atoms with Gasteiger partial charge >= 0.3 is 6.01 Å². The first-order chi connectivity index (χ1) is 12.7. The summed E-state index contributed by atoms with van der Waals surface area (Å²) in [5.41, 5.74) is 0.740. The SMILES string of the molecule is Cc1nc(C)c(-c2nnc(NC(=O)CCS(=O)(=O)c3ccc(F)cc3)o2)s1. The van der Waals surface area contributed by atoms with E-state index >= 15 is 0 Å². The highest BCUT2D eigenvalue weighted by atomic mass is 32.2. The summed E-state index contributed by atoms with van der Waals surface area (Å²) < 4.78 is 42.6. The molecule has 1 aromatic carbocycles. The maximum atomic E-state index is 12.9. The maximum absolute atomic E-state index is 12.9. The van der Waals surface area contributed by atoms with E-state index in [1.54, 1.807) is 0 Å². The van der Waals surface area contributed by atoms with Crippen LogP contribution in [0.3, 0.4) is 0 Å².